The Morgan fingerprint density at radius 3 is 2.87 bits per heavy atom. The van der Waals surface area contributed by atoms with Gasteiger partial charge >= 0.3 is 0 Å². The van der Waals surface area contributed by atoms with Crippen LogP contribution in [0, 0.1) is 0 Å². The highest BCUT2D eigenvalue weighted by molar-refractivity contribution is 5.15. The number of aromatic amines is 1. The van der Waals surface area contributed by atoms with Crippen LogP contribution < -0.4 is 11.1 Å². The predicted molar refractivity (Wildman–Crippen MR) is 61.7 cm³/mol. The number of aromatic nitrogens is 1. The second kappa shape index (κ2) is 5.30. The Balaban J connectivity index is 2.37. The first-order valence-electron chi connectivity index (χ1n) is 5.27. The molecular weight excluding hydrogens is 190 g/mol. The van der Waals surface area contributed by atoms with Gasteiger partial charge in [0, 0.05) is 36.4 Å². The summed E-state index contributed by atoms with van der Waals surface area (Å²) in [4.78, 5) is 3.21. The van der Waals surface area contributed by atoms with Crippen LogP contribution in [0.2, 0.25) is 0 Å². The van der Waals surface area contributed by atoms with Gasteiger partial charge in [-0.2, -0.15) is 0 Å². The Hall–Kier alpha value is -0.840. The second-order valence-corrected chi connectivity index (χ2v) is 4.54. The molecule has 15 heavy (non-hydrogen) atoms. The lowest BCUT2D eigenvalue weighted by Crippen LogP contribution is -2.41. The molecule has 1 heterocycles. The zero-order valence-corrected chi connectivity index (χ0v) is 9.46. The van der Waals surface area contributed by atoms with Gasteiger partial charge in [-0.3, -0.25) is 0 Å². The van der Waals surface area contributed by atoms with Crippen LogP contribution in [0.4, 0.5) is 0 Å². The molecule has 0 aliphatic rings. The quantitative estimate of drug-likeness (QED) is 0.543. The second-order valence-electron chi connectivity index (χ2n) is 4.54. The molecular formula is C11H21N3O. The van der Waals surface area contributed by atoms with Gasteiger partial charge in [0.05, 0.1) is 6.61 Å². The van der Waals surface area contributed by atoms with Crippen LogP contribution in [0.3, 0.4) is 0 Å². The fraction of sp³-hybridized carbons (Fsp3) is 0.636. The first-order chi connectivity index (χ1) is 7.06. The summed E-state index contributed by atoms with van der Waals surface area (Å²) < 4.78 is 0. The summed E-state index contributed by atoms with van der Waals surface area (Å²) in [6.07, 6.45) is 1.93. The van der Waals surface area contributed by atoms with Crippen molar-refractivity contribution in [3.63, 3.8) is 0 Å². The van der Waals surface area contributed by atoms with Crippen LogP contribution in [0.25, 0.3) is 0 Å². The highest BCUT2D eigenvalue weighted by Crippen LogP contribution is 2.19. The Bertz CT molecular complexity index is 269. The van der Waals surface area contributed by atoms with Gasteiger partial charge in [-0.25, -0.2) is 0 Å². The van der Waals surface area contributed by atoms with Gasteiger partial charge in [0.25, 0.3) is 0 Å². The molecule has 0 aliphatic heterocycles. The van der Waals surface area contributed by atoms with E-state index in [0.717, 1.165) is 6.54 Å². The number of rotatable bonds is 6. The molecule has 1 aromatic rings. The number of H-pyrrole nitrogens is 1. The predicted octanol–water partition coefficient (Wildman–Crippen LogP) is 0.202. The minimum Gasteiger partial charge on any atom is -0.395 e. The smallest absolute Gasteiger partial charge is 0.0594 e. The molecule has 0 spiro atoms. The molecule has 0 bridgehead atoms. The van der Waals surface area contributed by atoms with Crippen molar-refractivity contribution in [2.75, 3.05) is 19.7 Å². The van der Waals surface area contributed by atoms with Crippen molar-refractivity contribution >= 4 is 0 Å². The summed E-state index contributed by atoms with van der Waals surface area (Å²) in [5.74, 6) is 0. The van der Waals surface area contributed by atoms with Crippen molar-refractivity contribution in [2.45, 2.75) is 25.3 Å². The molecule has 5 N–H and O–H groups in total. The molecule has 1 aromatic heterocycles. The fourth-order valence-electron chi connectivity index (χ4n) is 1.48. The molecule has 86 valence electrons. The lowest BCUT2D eigenvalue weighted by atomic mass is 9.89. The number of aliphatic hydroxyl groups is 1. The Morgan fingerprint density at radius 1 is 1.60 bits per heavy atom. The minimum absolute atomic E-state index is 0.0237. The summed E-state index contributed by atoms with van der Waals surface area (Å²) in [5.41, 5.74) is 6.86. The van der Waals surface area contributed by atoms with Gasteiger partial charge in [0.15, 0.2) is 0 Å². The van der Waals surface area contributed by atoms with Crippen LogP contribution >= 0.6 is 0 Å². The summed E-state index contributed by atoms with van der Waals surface area (Å²) in [7, 11) is 0. The van der Waals surface area contributed by atoms with Crippen LogP contribution in [0.1, 0.15) is 19.5 Å². The van der Waals surface area contributed by atoms with Crippen LogP contribution in [0.15, 0.2) is 18.3 Å². The van der Waals surface area contributed by atoms with Crippen molar-refractivity contribution in [1.29, 1.82) is 0 Å². The van der Waals surface area contributed by atoms with Gasteiger partial charge in [-0.1, -0.05) is 13.8 Å². The van der Waals surface area contributed by atoms with E-state index in [1.807, 2.05) is 12.3 Å². The standard InChI is InChI=1S/C11H21N3O/c1-11(2,10-4-3-5-14-10)8-13-6-9(12)7-15/h3-5,9,13-15H,6-8,12H2,1-2H3. The monoisotopic (exact) mass is 211 g/mol. The highest BCUT2D eigenvalue weighted by Gasteiger charge is 2.20. The summed E-state index contributed by atoms with van der Waals surface area (Å²) in [6, 6.07) is 3.90. The first kappa shape index (κ1) is 12.2. The van der Waals surface area contributed by atoms with Crippen molar-refractivity contribution in [2.24, 2.45) is 5.73 Å². The van der Waals surface area contributed by atoms with Gasteiger partial charge in [0.2, 0.25) is 0 Å². The van der Waals surface area contributed by atoms with E-state index in [1.54, 1.807) is 0 Å². The number of nitrogens with one attached hydrogen (secondary N) is 2. The zero-order valence-electron chi connectivity index (χ0n) is 9.46. The van der Waals surface area contributed by atoms with E-state index < -0.39 is 0 Å². The fourth-order valence-corrected chi connectivity index (χ4v) is 1.48. The van der Waals surface area contributed by atoms with E-state index in [0.29, 0.717) is 6.54 Å². The van der Waals surface area contributed by atoms with E-state index in [9.17, 15) is 0 Å². The molecule has 0 aromatic carbocycles. The summed E-state index contributed by atoms with van der Waals surface area (Å²) in [6.45, 7) is 5.82. The molecule has 1 unspecified atom stereocenters. The van der Waals surface area contributed by atoms with Crippen molar-refractivity contribution in [3.8, 4) is 0 Å². The zero-order chi connectivity index (χ0) is 11.3. The van der Waals surface area contributed by atoms with Crippen molar-refractivity contribution in [1.82, 2.24) is 10.3 Å². The number of nitrogens with two attached hydrogens (primary N) is 1. The van der Waals surface area contributed by atoms with Gasteiger partial charge in [-0.15, -0.1) is 0 Å². The molecule has 0 amide bonds. The largest absolute Gasteiger partial charge is 0.395 e. The molecule has 0 radical (unpaired) electrons. The number of aliphatic hydroxyl groups excluding tert-OH is 1. The van der Waals surface area contributed by atoms with Crippen LogP contribution in [-0.2, 0) is 5.41 Å². The maximum Gasteiger partial charge on any atom is 0.0594 e. The van der Waals surface area contributed by atoms with Crippen molar-refractivity contribution in [3.05, 3.63) is 24.0 Å². The molecule has 0 fully saturated rings. The third-order valence-electron chi connectivity index (χ3n) is 2.54. The number of hydrogen-bond donors (Lipinski definition) is 4. The van der Waals surface area contributed by atoms with E-state index in [1.165, 1.54) is 5.69 Å². The maximum absolute atomic E-state index is 8.78. The van der Waals surface area contributed by atoms with Crippen LogP contribution in [0.5, 0.6) is 0 Å². The van der Waals surface area contributed by atoms with Gasteiger partial charge in [0.1, 0.15) is 0 Å². The molecule has 0 saturated heterocycles. The average Bonchev–Trinajstić information content (AvgIpc) is 2.70. The third kappa shape index (κ3) is 3.66. The lowest BCUT2D eigenvalue weighted by Gasteiger charge is -2.24. The lowest BCUT2D eigenvalue weighted by molar-refractivity contribution is 0.260. The van der Waals surface area contributed by atoms with Gasteiger partial charge in [-0.05, 0) is 12.1 Å². The normalized spacial score (nSPS) is 14.1. The number of hydrogen-bond acceptors (Lipinski definition) is 3. The highest BCUT2D eigenvalue weighted by atomic mass is 16.3. The topological polar surface area (TPSA) is 74.1 Å². The summed E-state index contributed by atoms with van der Waals surface area (Å²) in [5, 5.41) is 12.0. The van der Waals surface area contributed by atoms with Gasteiger partial charge < -0.3 is 21.1 Å². The van der Waals surface area contributed by atoms with Crippen LogP contribution in [-0.4, -0.2) is 35.8 Å². The third-order valence-corrected chi connectivity index (χ3v) is 2.54. The SMILES string of the molecule is CC(C)(CNCC(N)CO)c1ccc[nH]1. The minimum atomic E-state index is -0.176. The van der Waals surface area contributed by atoms with E-state index in [-0.39, 0.29) is 18.1 Å². The maximum atomic E-state index is 8.78. The molecule has 1 atom stereocenters. The Morgan fingerprint density at radius 2 is 2.33 bits per heavy atom. The molecule has 4 heteroatoms. The van der Waals surface area contributed by atoms with E-state index in [4.69, 9.17) is 10.8 Å². The Labute approximate surface area is 90.9 Å². The van der Waals surface area contributed by atoms with Crippen molar-refractivity contribution < 1.29 is 5.11 Å². The van der Waals surface area contributed by atoms with E-state index >= 15 is 0 Å². The average molecular weight is 211 g/mol. The Kier molecular flexibility index (Phi) is 4.32. The molecule has 1 rings (SSSR count). The molecule has 4 nitrogen and oxygen atoms in total. The first-order valence-corrected chi connectivity index (χ1v) is 5.27. The molecule has 0 aliphatic carbocycles. The molecule has 0 saturated carbocycles. The van der Waals surface area contributed by atoms with E-state index in [2.05, 4.69) is 30.2 Å². The summed E-state index contributed by atoms with van der Waals surface area (Å²) >= 11 is 0.